The van der Waals surface area contributed by atoms with Gasteiger partial charge in [-0.25, -0.2) is 9.79 Å². The van der Waals surface area contributed by atoms with Gasteiger partial charge in [-0.2, -0.15) is 0 Å². The minimum Gasteiger partial charge on any atom is -0.394 e. The number of carbonyl (C=O) groups is 1. The van der Waals surface area contributed by atoms with Crippen LogP contribution < -0.4 is 16.6 Å². The van der Waals surface area contributed by atoms with Crippen molar-refractivity contribution < 1.29 is 9.90 Å². The van der Waals surface area contributed by atoms with Gasteiger partial charge in [0.25, 0.3) is 5.56 Å². The number of aromatic nitrogens is 2. The topological polar surface area (TPSA) is 106 Å². The molecular weight excluding hydrogens is 500 g/mol. The van der Waals surface area contributed by atoms with Gasteiger partial charge in [0.15, 0.2) is 0 Å². The third-order valence-corrected chi connectivity index (χ3v) is 6.16. The highest BCUT2D eigenvalue weighted by atomic mass is 79.9. The van der Waals surface area contributed by atoms with Crippen LogP contribution in [0.15, 0.2) is 43.3 Å². The molecule has 1 aromatic carbocycles. The lowest BCUT2D eigenvalue weighted by Crippen LogP contribution is -2.47. The van der Waals surface area contributed by atoms with Crippen LogP contribution in [0.25, 0.3) is 0 Å². The Labute approximate surface area is 207 Å². The van der Waals surface area contributed by atoms with Gasteiger partial charge in [-0.3, -0.25) is 18.7 Å². The molecule has 2 N–H and O–H groups in total. The van der Waals surface area contributed by atoms with Gasteiger partial charge in [0.2, 0.25) is 5.91 Å². The van der Waals surface area contributed by atoms with Gasteiger partial charge in [0.05, 0.1) is 23.6 Å². The second-order valence-electron chi connectivity index (χ2n) is 8.61. The van der Waals surface area contributed by atoms with Crippen LogP contribution in [0.5, 0.6) is 0 Å². The molecule has 1 atom stereocenters. The number of carbonyl (C=O) groups excluding carboxylic acids is 1. The molecule has 0 saturated heterocycles. The minimum absolute atomic E-state index is 0.148. The summed E-state index contributed by atoms with van der Waals surface area (Å²) < 4.78 is 3.21. The molecular formula is C25H31BrN4O4. The summed E-state index contributed by atoms with van der Waals surface area (Å²) in [7, 11) is 2.92. The van der Waals surface area contributed by atoms with E-state index in [9.17, 15) is 19.5 Å². The summed E-state index contributed by atoms with van der Waals surface area (Å²) in [4.78, 5) is 42.7. The van der Waals surface area contributed by atoms with Crippen LogP contribution in [-0.4, -0.2) is 38.5 Å². The largest absolute Gasteiger partial charge is 0.394 e. The SMILES string of the molecule is CCC(CO)NC(=O)C(C)(C)/C(C#CCc1cccc(Br)c1)=N/c1c(C)c(=O)n(C)c(=O)n1C. The number of hydrogen-bond acceptors (Lipinski definition) is 5. The standard InChI is InChI=1S/C25H31BrN4O4/c1-7-19(15-31)27-23(33)25(3,4)20(13-9-11-17-10-8-12-18(26)14-17)28-21-16(2)22(32)30(6)24(34)29(21)5/h8,10,12,14,19,31H,7,11,15H2,1-6H3,(H,27,33)/b28-20+. The van der Waals surface area contributed by atoms with Crippen molar-refractivity contribution in [3.05, 3.63) is 60.7 Å². The van der Waals surface area contributed by atoms with Crippen molar-refractivity contribution in [3.63, 3.8) is 0 Å². The van der Waals surface area contributed by atoms with E-state index in [1.54, 1.807) is 20.8 Å². The number of hydrogen-bond donors (Lipinski definition) is 2. The molecule has 0 saturated carbocycles. The van der Waals surface area contributed by atoms with Crippen LogP contribution in [0.2, 0.25) is 0 Å². The van der Waals surface area contributed by atoms with E-state index in [0.29, 0.717) is 12.8 Å². The maximum Gasteiger partial charge on any atom is 0.332 e. The number of aliphatic imine (C=N–C) groups is 1. The number of rotatable bonds is 7. The highest BCUT2D eigenvalue weighted by Crippen LogP contribution is 2.23. The zero-order valence-corrected chi connectivity index (χ0v) is 22.0. The third-order valence-electron chi connectivity index (χ3n) is 5.67. The summed E-state index contributed by atoms with van der Waals surface area (Å²) in [5.74, 6) is 5.86. The van der Waals surface area contributed by atoms with Crippen LogP contribution in [-0.2, 0) is 25.3 Å². The maximum atomic E-state index is 13.1. The van der Waals surface area contributed by atoms with E-state index in [1.165, 1.54) is 18.7 Å². The van der Waals surface area contributed by atoms with Crippen molar-refractivity contribution in [2.24, 2.45) is 24.5 Å². The number of benzene rings is 1. The summed E-state index contributed by atoms with van der Waals surface area (Å²) in [5.41, 5.74) is -0.725. The molecule has 8 nitrogen and oxygen atoms in total. The van der Waals surface area contributed by atoms with Crippen LogP contribution in [0.4, 0.5) is 5.82 Å². The molecule has 182 valence electrons. The highest BCUT2D eigenvalue weighted by molar-refractivity contribution is 9.10. The monoisotopic (exact) mass is 530 g/mol. The van der Waals surface area contributed by atoms with Gasteiger partial charge in [-0.15, -0.1) is 0 Å². The average molecular weight is 531 g/mol. The molecule has 0 aliphatic heterocycles. The summed E-state index contributed by atoms with van der Waals surface area (Å²) in [6, 6.07) is 7.31. The fraction of sp³-hybridized carbons (Fsp3) is 0.440. The fourth-order valence-electron chi connectivity index (χ4n) is 3.22. The lowest BCUT2D eigenvalue weighted by molar-refractivity contribution is -0.127. The number of amides is 1. The molecule has 0 aliphatic carbocycles. The molecule has 1 unspecified atom stereocenters. The van der Waals surface area contributed by atoms with E-state index < -0.39 is 22.7 Å². The number of halogens is 1. The van der Waals surface area contributed by atoms with Crippen LogP contribution in [0.1, 0.15) is 38.3 Å². The van der Waals surface area contributed by atoms with Gasteiger partial charge < -0.3 is 10.4 Å². The molecule has 0 fully saturated rings. The quantitative estimate of drug-likeness (QED) is 0.423. The number of nitrogens with one attached hydrogen (secondary N) is 1. The predicted octanol–water partition coefficient (Wildman–Crippen LogP) is 2.39. The van der Waals surface area contributed by atoms with Gasteiger partial charge in [-0.1, -0.05) is 40.9 Å². The first-order valence-corrected chi connectivity index (χ1v) is 11.7. The van der Waals surface area contributed by atoms with Gasteiger partial charge >= 0.3 is 5.69 Å². The molecule has 0 bridgehead atoms. The van der Waals surface area contributed by atoms with Crippen molar-refractivity contribution in [2.45, 2.75) is 46.6 Å². The number of aliphatic hydroxyl groups excluding tert-OH is 1. The van der Waals surface area contributed by atoms with Crippen LogP contribution in [0, 0.1) is 24.2 Å². The Kier molecular flexibility index (Phi) is 9.19. The van der Waals surface area contributed by atoms with Crippen molar-refractivity contribution in [1.82, 2.24) is 14.5 Å². The van der Waals surface area contributed by atoms with Gasteiger partial charge in [0, 0.05) is 25.0 Å². The minimum atomic E-state index is -1.20. The molecule has 0 radical (unpaired) electrons. The van der Waals surface area contributed by atoms with E-state index in [0.717, 1.165) is 14.6 Å². The fourth-order valence-corrected chi connectivity index (χ4v) is 3.66. The molecule has 34 heavy (non-hydrogen) atoms. The molecule has 1 heterocycles. The van der Waals surface area contributed by atoms with Gasteiger partial charge in [0.1, 0.15) is 11.5 Å². The zero-order valence-electron chi connectivity index (χ0n) is 20.4. The zero-order chi connectivity index (χ0) is 25.6. The summed E-state index contributed by atoms with van der Waals surface area (Å²) in [5, 5.41) is 12.3. The first-order chi connectivity index (χ1) is 15.9. The van der Waals surface area contributed by atoms with E-state index >= 15 is 0 Å². The average Bonchev–Trinajstić information content (AvgIpc) is 2.81. The Morgan fingerprint density at radius 3 is 2.53 bits per heavy atom. The normalized spacial score (nSPS) is 12.6. The van der Waals surface area contributed by atoms with E-state index in [4.69, 9.17) is 0 Å². The van der Waals surface area contributed by atoms with Crippen LogP contribution in [0.3, 0.4) is 0 Å². The van der Waals surface area contributed by atoms with E-state index in [1.807, 2.05) is 31.2 Å². The first kappa shape index (κ1) is 27.3. The van der Waals surface area contributed by atoms with Gasteiger partial charge in [-0.05, 0) is 50.8 Å². The lowest BCUT2D eigenvalue weighted by atomic mass is 9.85. The molecule has 0 aliphatic rings. The van der Waals surface area contributed by atoms with E-state index in [-0.39, 0.29) is 29.6 Å². The Morgan fingerprint density at radius 1 is 1.26 bits per heavy atom. The molecule has 1 amide bonds. The Balaban J connectivity index is 2.63. The van der Waals surface area contributed by atoms with E-state index in [2.05, 4.69) is 38.1 Å². The lowest BCUT2D eigenvalue weighted by Gasteiger charge is -2.26. The molecule has 2 aromatic rings. The van der Waals surface area contributed by atoms with Crippen molar-refractivity contribution in [1.29, 1.82) is 0 Å². The van der Waals surface area contributed by atoms with Crippen molar-refractivity contribution >= 4 is 33.4 Å². The Morgan fingerprint density at radius 2 is 1.94 bits per heavy atom. The molecule has 2 rings (SSSR count). The predicted molar refractivity (Wildman–Crippen MR) is 137 cm³/mol. The smallest absolute Gasteiger partial charge is 0.332 e. The summed E-state index contributed by atoms with van der Waals surface area (Å²) in [6.45, 7) is 6.60. The number of nitrogens with zero attached hydrogens (tertiary/aromatic N) is 3. The van der Waals surface area contributed by atoms with Crippen LogP contribution >= 0.6 is 15.9 Å². The van der Waals surface area contributed by atoms with Crippen molar-refractivity contribution in [2.75, 3.05) is 6.61 Å². The maximum absolute atomic E-state index is 13.1. The molecule has 9 heteroatoms. The first-order valence-electron chi connectivity index (χ1n) is 10.9. The highest BCUT2D eigenvalue weighted by Gasteiger charge is 2.34. The summed E-state index contributed by atoms with van der Waals surface area (Å²) >= 11 is 3.44. The number of aliphatic hydroxyl groups is 1. The van der Waals surface area contributed by atoms with Crippen molar-refractivity contribution in [3.8, 4) is 11.8 Å². The summed E-state index contributed by atoms with van der Waals surface area (Å²) in [6.07, 6.45) is 0.973. The second kappa shape index (κ2) is 11.4. The molecule has 0 spiro atoms. The molecule has 1 aromatic heterocycles. The Hall–Kier alpha value is -2.96. The Bertz CT molecular complexity index is 1240. The second-order valence-corrected chi connectivity index (χ2v) is 9.53. The third kappa shape index (κ3) is 6.13.